The molecule has 4 heteroatoms. The highest BCUT2D eigenvalue weighted by Gasteiger charge is 2.16. The van der Waals surface area contributed by atoms with Crippen LogP contribution in [0, 0.1) is 6.92 Å². The fourth-order valence-electron chi connectivity index (χ4n) is 1.97. The summed E-state index contributed by atoms with van der Waals surface area (Å²) in [5, 5.41) is 8.93. The Hall–Kier alpha value is -2.10. The number of aromatic amines is 1. The highest BCUT2D eigenvalue weighted by atomic mass is 16.4. The third-order valence-electron chi connectivity index (χ3n) is 3.11. The van der Waals surface area contributed by atoms with E-state index in [2.05, 4.69) is 42.9 Å². The molecule has 0 unspecified atom stereocenters. The van der Waals surface area contributed by atoms with Crippen molar-refractivity contribution in [3.8, 4) is 11.3 Å². The Morgan fingerprint density at radius 3 is 2.21 bits per heavy atom. The number of aryl methyl sites for hydroxylation is 1. The Kier molecular flexibility index (Phi) is 3.18. The molecule has 0 atom stereocenters. The molecule has 2 rings (SSSR count). The lowest BCUT2D eigenvalue weighted by atomic mass is 9.86. The predicted molar refractivity (Wildman–Crippen MR) is 74.4 cm³/mol. The third-order valence-corrected chi connectivity index (χ3v) is 3.11. The maximum absolute atomic E-state index is 10.9. The van der Waals surface area contributed by atoms with E-state index in [0.717, 1.165) is 11.3 Å². The summed E-state index contributed by atoms with van der Waals surface area (Å²) < 4.78 is 0. The number of nitrogens with one attached hydrogen (secondary N) is 1. The van der Waals surface area contributed by atoms with Crippen molar-refractivity contribution in [3.63, 3.8) is 0 Å². The first-order valence-electron chi connectivity index (χ1n) is 6.20. The molecular formula is C15H18N2O2. The van der Waals surface area contributed by atoms with Crippen molar-refractivity contribution in [2.75, 3.05) is 0 Å². The maximum atomic E-state index is 10.9. The molecule has 0 saturated heterocycles. The highest BCUT2D eigenvalue weighted by molar-refractivity contribution is 5.84. The second-order valence-corrected chi connectivity index (χ2v) is 5.69. The molecule has 0 radical (unpaired) electrons. The van der Waals surface area contributed by atoms with Crippen molar-refractivity contribution in [2.24, 2.45) is 0 Å². The summed E-state index contributed by atoms with van der Waals surface area (Å²) in [5.41, 5.74) is 3.72. The molecule has 0 saturated carbocycles. The number of imidazole rings is 1. The second kappa shape index (κ2) is 4.53. The summed E-state index contributed by atoms with van der Waals surface area (Å²) in [6, 6.07) is 8.08. The summed E-state index contributed by atoms with van der Waals surface area (Å²) >= 11 is 0. The number of carboxylic acid groups (broad SMARTS) is 1. The topological polar surface area (TPSA) is 66.0 Å². The predicted octanol–water partition coefficient (Wildman–Crippen LogP) is 3.38. The minimum atomic E-state index is -1.04. The van der Waals surface area contributed by atoms with Crippen LogP contribution in [0.1, 0.15) is 42.6 Å². The average molecular weight is 258 g/mol. The van der Waals surface area contributed by atoms with Crippen LogP contribution in [-0.2, 0) is 5.41 Å². The van der Waals surface area contributed by atoms with Gasteiger partial charge in [-0.1, -0.05) is 45.0 Å². The van der Waals surface area contributed by atoms with E-state index < -0.39 is 5.97 Å². The number of aromatic carboxylic acids is 1. The number of hydrogen-bond donors (Lipinski definition) is 2. The molecule has 0 spiro atoms. The van der Waals surface area contributed by atoms with E-state index in [1.807, 2.05) is 19.1 Å². The van der Waals surface area contributed by atoms with Crippen LogP contribution in [0.4, 0.5) is 0 Å². The number of carboxylic acids is 1. The molecule has 0 fully saturated rings. The lowest BCUT2D eigenvalue weighted by Crippen LogP contribution is -2.10. The molecule has 1 aromatic heterocycles. The zero-order valence-corrected chi connectivity index (χ0v) is 11.6. The minimum absolute atomic E-state index is 0.0209. The fraction of sp³-hybridized carbons (Fsp3) is 0.333. The first-order chi connectivity index (χ1) is 8.79. The number of rotatable bonds is 2. The molecule has 100 valence electrons. The SMILES string of the molecule is Cc1[nH]c(C(=O)O)nc1-c1ccc(C(C)(C)C)cc1. The largest absolute Gasteiger partial charge is 0.475 e. The van der Waals surface area contributed by atoms with Crippen LogP contribution in [-0.4, -0.2) is 21.0 Å². The number of aromatic nitrogens is 2. The lowest BCUT2D eigenvalue weighted by molar-refractivity contribution is 0.0684. The molecule has 19 heavy (non-hydrogen) atoms. The Bertz CT molecular complexity index is 604. The zero-order chi connectivity index (χ0) is 14.2. The molecule has 2 N–H and O–H groups in total. The van der Waals surface area contributed by atoms with Gasteiger partial charge in [0.15, 0.2) is 0 Å². The van der Waals surface area contributed by atoms with E-state index in [9.17, 15) is 4.79 Å². The van der Waals surface area contributed by atoms with E-state index in [1.165, 1.54) is 5.56 Å². The van der Waals surface area contributed by atoms with E-state index in [0.29, 0.717) is 5.69 Å². The van der Waals surface area contributed by atoms with E-state index in [1.54, 1.807) is 0 Å². The average Bonchev–Trinajstić information content (AvgIpc) is 2.70. The van der Waals surface area contributed by atoms with Crippen molar-refractivity contribution in [1.82, 2.24) is 9.97 Å². The van der Waals surface area contributed by atoms with Crippen LogP contribution in [0.5, 0.6) is 0 Å². The first kappa shape index (κ1) is 13.3. The van der Waals surface area contributed by atoms with Gasteiger partial charge in [-0.2, -0.15) is 0 Å². The van der Waals surface area contributed by atoms with Crippen LogP contribution in [0.25, 0.3) is 11.3 Å². The fourth-order valence-corrected chi connectivity index (χ4v) is 1.97. The molecule has 0 amide bonds. The number of carbonyl (C=O) groups is 1. The smallest absolute Gasteiger partial charge is 0.371 e. The summed E-state index contributed by atoms with van der Waals surface area (Å²) in [6.07, 6.45) is 0. The lowest BCUT2D eigenvalue weighted by Gasteiger charge is -2.19. The molecule has 2 aromatic rings. The first-order valence-corrected chi connectivity index (χ1v) is 6.20. The van der Waals surface area contributed by atoms with Crippen LogP contribution in [0.2, 0.25) is 0 Å². The van der Waals surface area contributed by atoms with Gasteiger partial charge in [0.1, 0.15) is 0 Å². The summed E-state index contributed by atoms with van der Waals surface area (Å²) in [7, 11) is 0. The van der Waals surface area contributed by atoms with Crippen molar-refractivity contribution < 1.29 is 9.90 Å². The standard InChI is InChI=1S/C15H18N2O2/c1-9-12(17-13(16-9)14(18)19)10-5-7-11(8-6-10)15(2,3)4/h5-8H,1-4H3,(H,16,17)(H,18,19). The highest BCUT2D eigenvalue weighted by Crippen LogP contribution is 2.26. The van der Waals surface area contributed by atoms with Crippen LogP contribution in [0.15, 0.2) is 24.3 Å². The van der Waals surface area contributed by atoms with Gasteiger partial charge >= 0.3 is 5.97 Å². The summed E-state index contributed by atoms with van der Waals surface area (Å²) in [5.74, 6) is -1.06. The molecule has 1 aromatic carbocycles. The minimum Gasteiger partial charge on any atom is -0.475 e. The number of H-pyrrole nitrogens is 1. The van der Waals surface area contributed by atoms with Crippen molar-refractivity contribution in [3.05, 3.63) is 41.3 Å². The number of benzene rings is 1. The normalized spacial score (nSPS) is 11.6. The Labute approximate surface area is 112 Å². The quantitative estimate of drug-likeness (QED) is 0.867. The van der Waals surface area contributed by atoms with Gasteiger partial charge in [0.2, 0.25) is 5.82 Å². The van der Waals surface area contributed by atoms with Gasteiger partial charge in [-0.3, -0.25) is 0 Å². The van der Waals surface area contributed by atoms with Gasteiger partial charge in [-0.05, 0) is 17.9 Å². The Morgan fingerprint density at radius 2 is 1.79 bits per heavy atom. The summed E-state index contributed by atoms with van der Waals surface area (Å²) in [6.45, 7) is 8.30. The summed E-state index contributed by atoms with van der Waals surface area (Å²) in [4.78, 5) is 17.8. The van der Waals surface area contributed by atoms with E-state index >= 15 is 0 Å². The third kappa shape index (κ3) is 2.67. The monoisotopic (exact) mass is 258 g/mol. The van der Waals surface area contributed by atoms with Gasteiger partial charge in [0.05, 0.1) is 5.69 Å². The van der Waals surface area contributed by atoms with Gasteiger partial charge in [-0.25, -0.2) is 9.78 Å². The van der Waals surface area contributed by atoms with Crippen molar-refractivity contribution in [1.29, 1.82) is 0 Å². The van der Waals surface area contributed by atoms with Gasteiger partial charge in [0, 0.05) is 11.3 Å². The van der Waals surface area contributed by atoms with Crippen molar-refractivity contribution >= 4 is 5.97 Å². The van der Waals surface area contributed by atoms with Gasteiger partial charge in [-0.15, -0.1) is 0 Å². The van der Waals surface area contributed by atoms with Gasteiger partial charge in [0.25, 0.3) is 0 Å². The molecule has 0 aliphatic rings. The van der Waals surface area contributed by atoms with Crippen LogP contribution < -0.4 is 0 Å². The van der Waals surface area contributed by atoms with Crippen molar-refractivity contribution in [2.45, 2.75) is 33.1 Å². The van der Waals surface area contributed by atoms with E-state index in [4.69, 9.17) is 5.11 Å². The number of nitrogens with zero attached hydrogens (tertiary/aromatic N) is 1. The molecule has 4 nitrogen and oxygen atoms in total. The molecule has 0 aliphatic carbocycles. The Morgan fingerprint density at radius 1 is 1.21 bits per heavy atom. The van der Waals surface area contributed by atoms with Crippen LogP contribution in [0.3, 0.4) is 0 Å². The molecular weight excluding hydrogens is 240 g/mol. The second-order valence-electron chi connectivity index (χ2n) is 5.69. The molecule has 0 bridgehead atoms. The molecule has 0 aliphatic heterocycles. The zero-order valence-electron chi connectivity index (χ0n) is 11.6. The Balaban J connectivity index is 2.40. The van der Waals surface area contributed by atoms with E-state index in [-0.39, 0.29) is 11.2 Å². The molecule has 1 heterocycles. The van der Waals surface area contributed by atoms with Gasteiger partial charge < -0.3 is 10.1 Å². The van der Waals surface area contributed by atoms with Crippen LogP contribution >= 0.6 is 0 Å². The maximum Gasteiger partial charge on any atom is 0.371 e. The number of hydrogen-bond acceptors (Lipinski definition) is 2.